The van der Waals surface area contributed by atoms with Gasteiger partial charge in [0.05, 0.1) is 21.9 Å². The molecule has 0 radical (unpaired) electrons. The first kappa shape index (κ1) is 20.9. The second kappa shape index (κ2) is 8.39. The monoisotopic (exact) mass is 446 g/mol. The highest BCUT2D eigenvalue weighted by atomic mass is 32.1. The van der Waals surface area contributed by atoms with Crippen LogP contribution in [0.3, 0.4) is 0 Å². The van der Waals surface area contributed by atoms with Crippen LogP contribution in [0.1, 0.15) is 37.2 Å². The highest BCUT2D eigenvalue weighted by Gasteiger charge is 2.55. The minimum Gasteiger partial charge on any atom is -0.293 e. The Morgan fingerprint density at radius 3 is 2.13 bits per heavy atom. The Kier molecular flexibility index (Phi) is 5.65. The number of nitriles is 2. The van der Waals surface area contributed by atoms with Crippen LogP contribution in [-0.4, -0.2) is 11.6 Å². The third-order valence-corrected chi connectivity index (χ3v) is 7.29. The molecular formula is C24H15FN2O2S2. The summed E-state index contributed by atoms with van der Waals surface area (Å²) in [7, 11) is 0. The molecule has 2 atom stereocenters. The molecule has 1 aliphatic carbocycles. The van der Waals surface area contributed by atoms with E-state index in [9.17, 15) is 24.5 Å². The van der Waals surface area contributed by atoms with Gasteiger partial charge in [-0.3, -0.25) is 9.59 Å². The summed E-state index contributed by atoms with van der Waals surface area (Å²) in [6.07, 6.45) is 1.54. The van der Waals surface area contributed by atoms with Crippen molar-refractivity contribution in [2.24, 2.45) is 11.3 Å². The topological polar surface area (TPSA) is 81.7 Å². The Morgan fingerprint density at radius 2 is 1.58 bits per heavy atom. The standard InChI is InChI=1S/C24H15FN2O2S2/c25-17-7-5-15(6-8-17)22-18(23(29)21-4-2-10-31-21)11-16(24(22,13-26)14-27)12-19(28)20-3-1-9-30-20/h1-11,16,22H,12H2/t16-,22+/m1/s1. The second-order valence-corrected chi connectivity index (χ2v) is 9.11. The summed E-state index contributed by atoms with van der Waals surface area (Å²) in [5.41, 5.74) is -0.875. The number of rotatable bonds is 6. The first-order chi connectivity index (χ1) is 15.0. The number of hydrogen-bond acceptors (Lipinski definition) is 6. The molecule has 0 bridgehead atoms. The molecule has 0 fully saturated rings. The maximum absolute atomic E-state index is 13.6. The SMILES string of the molecule is N#CC1(C#N)[C@@H](CC(=O)c2cccs2)C=C(C(=O)c2cccs2)[C@@H]1c1ccc(F)cc1. The van der Waals surface area contributed by atoms with Gasteiger partial charge in [0, 0.05) is 23.8 Å². The number of thiophene rings is 2. The number of benzene rings is 1. The van der Waals surface area contributed by atoms with Crippen molar-refractivity contribution in [1.82, 2.24) is 0 Å². The Labute approximate surface area is 186 Å². The molecule has 0 saturated carbocycles. The number of halogens is 1. The average molecular weight is 447 g/mol. The van der Waals surface area contributed by atoms with Gasteiger partial charge in [-0.1, -0.05) is 30.3 Å². The highest BCUT2D eigenvalue weighted by Crippen LogP contribution is 2.54. The van der Waals surface area contributed by atoms with Crippen molar-refractivity contribution in [1.29, 1.82) is 10.5 Å². The molecule has 4 rings (SSSR count). The molecule has 152 valence electrons. The molecule has 0 N–H and O–H groups in total. The van der Waals surface area contributed by atoms with Crippen LogP contribution in [0.4, 0.5) is 4.39 Å². The van der Waals surface area contributed by atoms with Crippen LogP contribution >= 0.6 is 22.7 Å². The van der Waals surface area contributed by atoms with E-state index >= 15 is 0 Å². The van der Waals surface area contributed by atoms with E-state index < -0.39 is 23.1 Å². The molecule has 2 aromatic heterocycles. The van der Waals surface area contributed by atoms with E-state index in [1.807, 2.05) is 0 Å². The number of hydrogen-bond donors (Lipinski definition) is 0. The zero-order valence-corrected chi connectivity index (χ0v) is 17.8. The lowest BCUT2D eigenvalue weighted by molar-refractivity contribution is 0.0959. The van der Waals surface area contributed by atoms with Gasteiger partial charge in [0.15, 0.2) is 17.0 Å². The molecule has 3 aromatic rings. The van der Waals surface area contributed by atoms with E-state index in [2.05, 4.69) is 12.1 Å². The molecule has 2 heterocycles. The van der Waals surface area contributed by atoms with Crippen LogP contribution in [0.15, 0.2) is 70.9 Å². The number of Topliss-reactive ketones (excluding diaryl/α,β-unsaturated/α-hetero) is 2. The predicted octanol–water partition coefficient (Wildman–Crippen LogP) is 5.78. The molecule has 0 unspecified atom stereocenters. The van der Waals surface area contributed by atoms with Gasteiger partial charge in [-0.05, 0) is 40.6 Å². The van der Waals surface area contributed by atoms with E-state index in [0.717, 1.165) is 0 Å². The molecule has 4 nitrogen and oxygen atoms in total. The maximum Gasteiger partial charge on any atom is 0.199 e. The van der Waals surface area contributed by atoms with Crippen LogP contribution in [0, 0.1) is 39.8 Å². The van der Waals surface area contributed by atoms with Gasteiger partial charge in [-0.15, -0.1) is 22.7 Å². The zero-order valence-electron chi connectivity index (χ0n) is 16.1. The van der Waals surface area contributed by atoms with Gasteiger partial charge in [0.1, 0.15) is 5.82 Å². The zero-order chi connectivity index (χ0) is 22.0. The fourth-order valence-corrected chi connectivity index (χ4v) is 5.40. The smallest absolute Gasteiger partial charge is 0.199 e. The van der Waals surface area contributed by atoms with Gasteiger partial charge in [-0.25, -0.2) is 4.39 Å². The molecule has 0 saturated heterocycles. The lowest BCUT2D eigenvalue weighted by atomic mass is 9.67. The largest absolute Gasteiger partial charge is 0.293 e. The summed E-state index contributed by atoms with van der Waals surface area (Å²) in [5.74, 6) is -2.59. The predicted molar refractivity (Wildman–Crippen MR) is 116 cm³/mol. The number of carbonyl (C=O) groups excluding carboxylic acids is 2. The van der Waals surface area contributed by atoms with Crippen molar-refractivity contribution in [2.45, 2.75) is 12.3 Å². The van der Waals surface area contributed by atoms with E-state index in [0.29, 0.717) is 20.9 Å². The lowest BCUT2D eigenvalue weighted by Crippen LogP contribution is -2.31. The van der Waals surface area contributed by atoms with Gasteiger partial charge in [0.25, 0.3) is 0 Å². The lowest BCUT2D eigenvalue weighted by Gasteiger charge is -2.29. The first-order valence-electron chi connectivity index (χ1n) is 9.44. The summed E-state index contributed by atoms with van der Waals surface area (Å²) in [6, 6.07) is 16.6. The Morgan fingerprint density at radius 1 is 0.968 bits per heavy atom. The highest BCUT2D eigenvalue weighted by molar-refractivity contribution is 7.12. The molecule has 7 heteroatoms. The van der Waals surface area contributed by atoms with Crippen molar-refractivity contribution < 1.29 is 14.0 Å². The summed E-state index contributed by atoms with van der Waals surface area (Å²) < 4.78 is 13.6. The average Bonchev–Trinajstić information content (AvgIpc) is 3.54. The molecular weight excluding hydrogens is 431 g/mol. The van der Waals surface area contributed by atoms with Crippen molar-refractivity contribution >= 4 is 34.2 Å². The Balaban J connectivity index is 1.83. The van der Waals surface area contributed by atoms with Gasteiger partial charge >= 0.3 is 0 Å². The second-order valence-electron chi connectivity index (χ2n) is 7.22. The molecule has 0 spiro atoms. The molecule has 1 aromatic carbocycles. The van der Waals surface area contributed by atoms with Crippen molar-refractivity contribution in [3.05, 3.63) is 92.1 Å². The summed E-state index contributed by atoms with van der Waals surface area (Å²) in [4.78, 5) is 27.1. The van der Waals surface area contributed by atoms with E-state index in [1.54, 1.807) is 41.1 Å². The Hall–Kier alpha value is -3.39. The third-order valence-electron chi connectivity index (χ3n) is 5.51. The van der Waals surface area contributed by atoms with Gasteiger partial charge in [0.2, 0.25) is 0 Å². The van der Waals surface area contributed by atoms with Crippen molar-refractivity contribution in [3.63, 3.8) is 0 Å². The number of nitrogens with zero attached hydrogens (tertiary/aromatic N) is 2. The van der Waals surface area contributed by atoms with Crippen molar-refractivity contribution in [2.75, 3.05) is 0 Å². The summed E-state index contributed by atoms with van der Waals surface area (Å²) in [6.45, 7) is 0. The Bertz CT molecular complexity index is 1220. The number of carbonyl (C=O) groups is 2. The van der Waals surface area contributed by atoms with Gasteiger partial charge < -0.3 is 0 Å². The number of ketones is 2. The fraction of sp³-hybridized carbons (Fsp3) is 0.167. The summed E-state index contributed by atoms with van der Waals surface area (Å²) >= 11 is 2.56. The normalized spacial score (nSPS) is 19.3. The third kappa shape index (κ3) is 3.63. The van der Waals surface area contributed by atoms with Crippen molar-refractivity contribution in [3.8, 4) is 12.1 Å². The van der Waals surface area contributed by atoms with Gasteiger partial charge in [-0.2, -0.15) is 10.5 Å². The van der Waals surface area contributed by atoms with Crippen LogP contribution in [0.25, 0.3) is 0 Å². The van der Waals surface area contributed by atoms with Crippen LogP contribution < -0.4 is 0 Å². The molecule has 31 heavy (non-hydrogen) atoms. The minimum absolute atomic E-state index is 0.0689. The first-order valence-corrected chi connectivity index (χ1v) is 11.2. The maximum atomic E-state index is 13.6. The van der Waals surface area contributed by atoms with E-state index in [4.69, 9.17) is 0 Å². The summed E-state index contributed by atoms with van der Waals surface area (Å²) in [5, 5.41) is 23.9. The molecule has 0 amide bonds. The van der Waals surface area contributed by atoms with Crippen LogP contribution in [-0.2, 0) is 0 Å². The van der Waals surface area contributed by atoms with Crippen LogP contribution in [0.5, 0.6) is 0 Å². The van der Waals surface area contributed by atoms with E-state index in [-0.39, 0.29) is 18.0 Å². The molecule has 0 aliphatic heterocycles. The van der Waals surface area contributed by atoms with Crippen LogP contribution in [0.2, 0.25) is 0 Å². The quantitative estimate of drug-likeness (QED) is 0.450. The fourth-order valence-electron chi connectivity index (χ4n) is 4.04. The van der Waals surface area contributed by atoms with E-state index in [1.165, 1.54) is 46.9 Å². The minimum atomic E-state index is -1.66. The number of allylic oxidation sites excluding steroid dienone is 2. The molecule has 1 aliphatic rings.